The van der Waals surface area contributed by atoms with Crippen molar-refractivity contribution in [3.63, 3.8) is 0 Å². The van der Waals surface area contributed by atoms with Crippen molar-refractivity contribution in [3.05, 3.63) is 91.4 Å². The highest BCUT2D eigenvalue weighted by Gasteiger charge is 2.13. The molecule has 0 aliphatic rings. The van der Waals surface area contributed by atoms with Crippen LogP contribution < -0.4 is 14.9 Å². The normalized spacial score (nSPS) is 11.0. The Morgan fingerprint density at radius 1 is 1.00 bits per heavy atom. The fraction of sp³-hybridized carbons (Fsp3) is 0.200. The van der Waals surface area contributed by atoms with Crippen LogP contribution in [0.2, 0.25) is 15.1 Å². The van der Waals surface area contributed by atoms with Gasteiger partial charge in [0, 0.05) is 15.6 Å². The van der Waals surface area contributed by atoms with Crippen LogP contribution in [0.5, 0.6) is 11.5 Å². The standard InChI is InChI=1S/C25H23Cl3N2O3/c1-15-4-5-17(8-16(15)2)11-24(31)30-29-13-18-9-22(28)25(23(10-18)32-3)33-14-19-6-7-20(26)12-21(19)27/h4-10,12-13H,11,14H2,1-3H3,(H,30,31)/b29-13-. The number of hydrazone groups is 1. The van der Waals surface area contributed by atoms with E-state index in [1.54, 1.807) is 30.3 Å². The van der Waals surface area contributed by atoms with Gasteiger partial charge in [0.05, 0.1) is 24.8 Å². The van der Waals surface area contributed by atoms with E-state index in [1.807, 2.05) is 32.0 Å². The number of nitrogens with zero attached hydrogens (tertiary/aromatic N) is 1. The van der Waals surface area contributed by atoms with Crippen LogP contribution in [-0.4, -0.2) is 19.2 Å². The summed E-state index contributed by atoms with van der Waals surface area (Å²) in [5.41, 5.74) is 7.19. The average Bonchev–Trinajstić information content (AvgIpc) is 2.76. The summed E-state index contributed by atoms with van der Waals surface area (Å²) in [6.45, 7) is 4.24. The molecule has 0 spiro atoms. The maximum Gasteiger partial charge on any atom is 0.244 e. The van der Waals surface area contributed by atoms with Crippen LogP contribution in [0.3, 0.4) is 0 Å². The number of ether oxygens (including phenoxy) is 2. The minimum absolute atomic E-state index is 0.189. The average molecular weight is 506 g/mol. The number of hydrogen-bond acceptors (Lipinski definition) is 4. The lowest BCUT2D eigenvalue weighted by Gasteiger charge is -2.14. The summed E-state index contributed by atoms with van der Waals surface area (Å²) in [7, 11) is 1.51. The molecule has 1 N–H and O–H groups in total. The molecular weight excluding hydrogens is 483 g/mol. The van der Waals surface area contributed by atoms with Gasteiger partial charge in [-0.25, -0.2) is 5.43 Å². The second-order valence-corrected chi connectivity index (χ2v) is 8.70. The molecule has 8 heteroatoms. The number of hydrogen-bond donors (Lipinski definition) is 1. The Kier molecular flexibility index (Phi) is 8.61. The van der Waals surface area contributed by atoms with Crippen molar-refractivity contribution in [2.75, 3.05) is 7.11 Å². The summed E-state index contributed by atoms with van der Waals surface area (Å²) in [6, 6.07) is 14.5. The van der Waals surface area contributed by atoms with Crippen molar-refractivity contribution in [1.82, 2.24) is 5.43 Å². The molecule has 3 aromatic carbocycles. The van der Waals surface area contributed by atoms with Crippen molar-refractivity contribution in [2.45, 2.75) is 26.9 Å². The van der Waals surface area contributed by atoms with Crippen LogP contribution in [0.15, 0.2) is 53.6 Å². The maximum absolute atomic E-state index is 12.2. The lowest BCUT2D eigenvalue weighted by molar-refractivity contribution is -0.120. The Morgan fingerprint density at radius 2 is 1.79 bits per heavy atom. The first-order valence-corrected chi connectivity index (χ1v) is 11.2. The number of rotatable bonds is 8. The zero-order valence-corrected chi connectivity index (χ0v) is 20.7. The third-order valence-corrected chi connectivity index (χ3v) is 5.85. The largest absolute Gasteiger partial charge is 0.493 e. The monoisotopic (exact) mass is 504 g/mol. The molecule has 0 saturated heterocycles. The zero-order valence-electron chi connectivity index (χ0n) is 18.4. The first-order valence-electron chi connectivity index (χ1n) is 10.1. The summed E-state index contributed by atoms with van der Waals surface area (Å²) in [5.74, 6) is 0.587. The van der Waals surface area contributed by atoms with Crippen molar-refractivity contribution in [2.24, 2.45) is 5.10 Å². The Bertz CT molecular complexity index is 1200. The van der Waals surface area contributed by atoms with Crippen LogP contribution >= 0.6 is 34.8 Å². The smallest absolute Gasteiger partial charge is 0.244 e. The fourth-order valence-corrected chi connectivity index (χ4v) is 3.80. The van der Waals surface area contributed by atoms with Gasteiger partial charge >= 0.3 is 0 Å². The zero-order chi connectivity index (χ0) is 24.0. The highest BCUT2D eigenvalue weighted by Crippen LogP contribution is 2.37. The second-order valence-electron chi connectivity index (χ2n) is 7.45. The van der Waals surface area contributed by atoms with Crippen LogP contribution in [0.25, 0.3) is 0 Å². The molecule has 3 rings (SSSR count). The predicted molar refractivity (Wildman–Crippen MR) is 134 cm³/mol. The summed E-state index contributed by atoms with van der Waals surface area (Å²) >= 11 is 18.5. The Hall–Kier alpha value is -2.73. The molecule has 0 aliphatic heterocycles. The predicted octanol–water partition coefficient (Wildman–Crippen LogP) is 6.54. The van der Waals surface area contributed by atoms with Gasteiger partial charge in [0.25, 0.3) is 0 Å². The van der Waals surface area contributed by atoms with E-state index in [-0.39, 0.29) is 18.9 Å². The summed E-state index contributed by atoms with van der Waals surface area (Å²) < 4.78 is 11.3. The number of nitrogens with one attached hydrogen (secondary N) is 1. The first-order chi connectivity index (χ1) is 15.8. The van der Waals surface area contributed by atoms with Gasteiger partial charge < -0.3 is 9.47 Å². The number of halogens is 3. The first kappa shape index (κ1) is 24.9. The Balaban J connectivity index is 1.65. The molecule has 0 aliphatic carbocycles. The van der Waals surface area contributed by atoms with Crippen molar-refractivity contribution < 1.29 is 14.3 Å². The molecule has 0 bridgehead atoms. The number of benzene rings is 3. The Morgan fingerprint density at radius 3 is 2.48 bits per heavy atom. The highest BCUT2D eigenvalue weighted by molar-refractivity contribution is 6.35. The van der Waals surface area contributed by atoms with Crippen molar-refractivity contribution in [1.29, 1.82) is 0 Å². The number of amides is 1. The lowest BCUT2D eigenvalue weighted by Crippen LogP contribution is -2.19. The maximum atomic E-state index is 12.2. The van der Waals surface area contributed by atoms with Gasteiger partial charge in [-0.2, -0.15) is 5.10 Å². The van der Waals surface area contributed by atoms with Crippen molar-refractivity contribution >= 4 is 46.9 Å². The number of methoxy groups -OCH3 is 1. The van der Waals surface area contributed by atoms with Crippen molar-refractivity contribution in [3.8, 4) is 11.5 Å². The highest BCUT2D eigenvalue weighted by atomic mass is 35.5. The topological polar surface area (TPSA) is 59.9 Å². The van der Waals surface area contributed by atoms with Crippen LogP contribution in [-0.2, 0) is 17.8 Å². The molecule has 0 aromatic heterocycles. The fourth-order valence-electron chi connectivity index (χ4n) is 3.06. The minimum Gasteiger partial charge on any atom is -0.493 e. The summed E-state index contributed by atoms with van der Waals surface area (Å²) in [6.07, 6.45) is 1.73. The number of carbonyl (C=O) groups is 1. The molecule has 0 saturated carbocycles. The Labute approximate surface area is 208 Å². The molecular formula is C25H23Cl3N2O3. The van der Waals surface area contributed by atoms with E-state index in [4.69, 9.17) is 44.3 Å². The number of aryl methyl sites for hydroxylation is 2. The lowest BCUT2D eigenvalue weighted by atomic mass is 10.0. The SMILES string of the molecule is COc1cc(/C=N\NC(=O)Cc2ccc(C)c(C)c2)cc(Cl)c1OCc1ccc(Cl)cc1Cl. The third kappa shape index (κ3) is 6.87. The third-order valence-electron chi connectivity index (χ3n) is 4.98. The van der Waals surface area contributed by atoms with E-state index >= 15 is 0 Å². The molecule has 3 aromatic rings. The molecule has 1 amide bonds. The van der Waals surface area contributed by atoms with E-state index in [9.17, 15) is 4.79 Å². The van der Waals surface area contributed by atoms with E-state index in [2.05, 4.69) is 10.5 Å². The summed E-state index contributed by atoms with van der Waals surface area (Å²) in [5, 5.41) is 5.41. The molecule has 0 fully saturated rings. The van der Waals surface area contributed by atoms with Crippen LogP contribution in [0.4, 0.5) is 0 Å². The van der Waals surface area contributed by atoms with E-state index in [1.165, 1.54) is 18.9 Å². The molecule has 0 unspecified atom stereocenters. The van der Waals surface area contributed by atoms with Gasteiger partial charge in [0.1, 0.15) is 6.61 Å². The number of carbonyl (C=O) groups excluding carboxylic acids is 1. The second kappa shape index (κ2) is 11.4. The molecule has 172 valence electrons. The molecule has 33 heavy (non-hydrogen) atoms. The molecule has 0 heterocycles. The van der Waals surface area contributed by atoms with Gasteiger partial charge in [-0.05, 0) is 60.4 Å². The van der Waals surface area contributed by atoms with Crippen LogP contribution in [0, 0.1) is 13.8 Å². The van der Waals surface area contributed by atoms with Gasteiger partial charge in [0.15, 0.2) is 11.5 Å². The quantitative estimate of drug-likeness (QED) is 0.279. The molecule has 0 atom stereocenters. The van der Waals surface area contributed by atoms with Gasteiger partial charge in [-0.1, -0.05) is 59.1 Å². The van der Waals surface area contributed by atoms with E-state index < -0.39 is 0 Å². The minimum atomic E-state index is -0.215. The van der Waals surface area contributed by atoms with Gasteiger partial charge in [-0.15, -0.1) is 0 Å². The molecule has 0 radical (unpaired) electrons. The van der Waals surface area contributed by atoms with E-state index in [0.717, 1.165) is 16.7 Å². The summed E-state index contributed by atoms with van der Waals surface area (Å²) in [4.78, 5) is 12.2. The van der Waals surface area contributed by atoms with Crippen LogP contribution in [0.1, 0.15) is 27.8 Å². The van der Waals surface area contributed by atoms with E-state index in [0.29, 0.717) is 32.1 Å². The molecule has 5 nitrogen and oxygen atoms in total. The van der Waals surface area contributed by atoms with Gasteiger partial charge in [-0.3, -0.25) is 4.79 Å². The van der Waals surface area contributed by atoms with Gasteiger partial charge in [0.2, 0.25) is 5.91 Å².